The SMILES string of the molecule is O=[N+]([O-])c1ccc(Cl)c(C2Nc3ccc(Cl)cc3C3C=CCC32)c1. The van der Waals surface area contributed by atoms with Crippen LogP contribution >= 0.6 is 23.2 Å². The molecule has 122 valence electrons. The van der Waals surface area contributed by atoms with Gasteiger partial charge in [-0.25, -0.2) is 0 Å². The van der Waals surface area contributed by atoms with E-state index in [9.17, 15) is 10.1 Å². The maximum Gasteiger partial charge on any atom is 0.269 e. The van der Waals surface area contributed by atoms with Gasteiger partial charge in [-0.3, -0.25) is 10.1 Å². The molecule has 24 heavy (non-hydrogen) atoms. The van der Waals surface area contributed by atoms with Gasteiger partial charge in [0.15, 0.2) is 0 Å². The minimum Gasteiger partial charge on any atom is -0.378 e. The fraction of sp³-hybridized carbons (Fsp3) is 0.222. The topological polar surface area (TPSA) is 55.2 Å². The second-order valence-corrected chi connectivity index (χ2v) is 7.01. The van der Waals surface area contributed by atoms with E-state index in [2.05, 4.69) is 17.5 Å². The van der Waals surface area contributed by atoms with Crippen LogP contribution in [-0.4, -0.2) is 4.92 Å². The second kappa shape index (κ2) is 5.80. The molecule has 2 aromatic carbocycles. The Morgan fingerprint density at radius 1 is 1.12 bits per heavy atom. The van der Waals surface area contributed by atoms with E-state index in [1.165, 1.54) is 11.6 Å². The van der Waals surface area contributed by atoms with Gasteiger partial charge in [0, 0.05) is 39.3 Å². The Hall–Kier alpha value is -2.04. The molecular weight excluding hydrogens is 347 g/mol. The first kappa shape index (κ1) is 15.5. The summed E-state index contributed by atoms with van der Waals surface area (Å²) in [6, 6.07) is 10.3. The Labute approximate surface area is 149 Å². The summed E-state index contributed by atoms with van der Waals surface area (Å²) < 4.78 is 0. The molecule has 0 amide bonds. The van der Waals surface area contributed by atoms with Crippen LogP contribution in [0.4, 0.5) is 11.4 Å². The van der Waals surface area contributed by atoms with Crippen molar-refractivity contribution in [3.8, 4) is 0 Å². The number of anilines is 1. The lowest BCUT2D eigenvalue weighted by atomic mass is 9.77. The number of nitro groups is 1. The number of nitro benzene ring substituents is 1. The molecule has 2 aliphatic rings. The van der Waals surface area contributed by atoms with Crippen LogP contribution in [0.2, 0.25) is 10.0 Å². The van der Waals surface area contributed by atoms with Gasteiger partial charge >= 0.3 is 0 Å². The number of nitrogens with one attached hydrogen (secondary N) is 1. The van der Waals surface area contributed by atoms with Crippen LogP contribution in [0.15, 0.2) is 48.6 Å². The predicted molar refractivity (Wildman–Crippen MR) is 95.9 cm³/mol. The maximum absolute atomic E-state index is 11.1. The van der Waals surface area contributed by atoms with Crippen molar-refractivity contribution >= 4 is 34.6 Å². The third kappa shape index (κ3) is 2.46. The quantitative estimate of drug-likeness (QED) is 0.422. The number of fused-ring (bicyclic) bond motifs is 3. The Bertz CT molecular complexity index is 866. The van der Waals surface area contributed by atoms with Crippen LogP contribution in [0, 0.1) is 16.0 Å². The summed E-state index contributed by atoms with van der Waals surface area (Å²) in [5, 5.41) is 15.9. The van der Waals surface area contributed by atoms with E-state index in [4.69, 9.17) is 23.2 Å². The standard InChI is InChI=1S/C18H14Cl2N2O2/c19-10-4-7-17-14(8-10)12-2-1-3-13(12)18(21-17)15-9-11(22(23)24)5-6-16(15)20/h1-2,4-9,12-13,18,21H,3H2. The first-order chi connectivity index (χ1) is 11.5. The summed E-state index contributed by atoms with van der Waals surface area (Å²) in [5.41, 5.74) is 2.99. The Kier molecular flexibility index (Phi) is 3.74. The maximum atomic E-state index is 11.1. The van der Waals surface area contributed by atoms with E-state index >= 15 is 0 Å². The largest absolute Gasteiger partial charge is 0.378 e. The van der Waals surface area contributed by atoms with Crippen molar-refractivity contribution in [3.63, 3.8) is 0 Å². The fourth-order valence-corrected chi connectivity index (χ4v) is 4.17. The molecule has 2 aromatic rings. The number of hydrogen-bond acceptors (Lipinski definition) is 3. The van der Waals surface area contributed by atoms with Crippen molar-refractivity contribution in [2.45, 2.75) is 18.4 Å². The number of non-ortho nitro benzene ring substituents is 1. The molecule has 0 radical (unpaired) electrons. The minimum atomic E-state index is -0.388. The summed E-state index contributed by atoms with van der Waals surface area (Å²) in [6.45, 7) is 0. The highest BCUT2D eigenvalue weighted by atomic mass is 35.5. The van der Waals surface area contributed by atoms with E-state index in [0.29, 0.717) is 10.0 Å². The Balaban J connectivity index is 1.81. The average Bonchev–Trinajstić information content (AvgIpc) is 3.04. The van der Waals surface area contributed by atoms with Crippen LogP contribution in [0.3, 0.4) is 0 Å². The van der Waals surface area contributed by atoms with Crippen LogP contribution in [-0.2, 0) is 0 Å². The molecule has 0 aromatic heterocycles. The van der Waals surface area contributed by atoms with Gasteiger partial charge in [0.05, 0.1) is 11.0 Å². The number of rotatable bonds is 2. The molecule has 0 fully saturated rings. The third-order valence-electron chi connectivity index (χ3n) is 4.85. The summed E-state index contributed by atoms with van der Waals surface area (Å²) in [6.07, 6.45) is 5.25. The van der Waals surface area contributed by atoms with Crippen LogP contribution in [0.25, 0.3) is 0 Å². The normalized spacial score (nSPS) is 24.2. The van der Waals surface area contributed by atoms with E-state index in [-0.39, 0.29) is 28.5 Å². The van der Waals surface area contributed by atoms with Crippen molar-refractivity contribution in [2.24, 2.45) is 5.92 Å². The third-order valence-corrected chi connectivity index (χ3v) is 5.43. The number of halogens is 2. The number of allylic oxidation sites excluding steroid dienone is 2. The lowest BCUT2D eigenvalue weighted by molar-refractivity contribution is -0.384. The summed E-state index contributed by atoms with van der Waals surface area (Å²) in [4.78, 5) is 10.7. The molecule has 3 unspecified atom stereocenters. The highest BCUT2D eigenvalue weighted by Crippen LogP contribution is 2.51. The predicted octanol–water partition coefficient (Wildman–Crippen LogP) is 5.73. The van der Waals surface area contributed by atoms with Crippen LogP contribution in [0.5, 0.6) is 0 Å². The lowest BCUT2D eigenvalue weighted by Crippen LogP contribution is -2.29. The van der Waals surface area contributed by atoms with Crippen molar-refractivity contribution in [3.05, 3.63) is 79.8 Å². The first-order valence-corrected chi connectivity index (χ1v) is 8.46. The summed E-state index contributed by atoms with van der Waals surface area (Å²) in [5.74, 6) is 0.496. The first-order valence-electron chi connectivity index (χ1n) is 7.71. The number of nitrogens with zero attached hydrogens (tertiary/aromatic N) is 1. The van der Waals surface area contributed by atoms with Gasteiger partial charge in [0.2, 0.25) is 0 Å². The molecule has 0 saturated carbocycles. The highest BCUT2D eigenvalue weighted by molar-refractivity contribution is 6.31. The van der Waals surface area contributed by atoms with E-state index in [1.807, 2.05) is 18.2 Å². The zero-order valence-corrected chi connectivity index (χ0v) is 14.1. The van der Waals surface area contributed by atoms with Gasteiger partial charge in [-0.1, -0.05) is 35.4 Å². The van der Waals surface area contributed by atoms with Crippen molar-refractivity contribution in [1.29, 1.82) is 0 Å². The van der Waals surface area contributed by atoms with Gasteiger partial charge in [-0.05, 0) is 42.2 Å². The summed E-state index contributed by atoms with van der Waals surface area (Å²) >= 11 is 12.5. The molecule has 3 atom stereocenters. The Morgan fingerprint density at radius 3 is 2.75 bits per heavy atom. The van der Waals surface area contributed by atoms with Gasteiger partial charge in [0.25, 0.3) is 5.69 Å². The van der Waals surface area contributed by atoms with Crippen LogP contribution < -0.4 is 5.32 Å². The van der Waals surface area contributed by atoms with E-state index < -0.39 is 0 Å². The minimum absolute atomic E-state index is 0.0561. The van der Waals surface area contributed by atoms with Crippen LogP contribution in [0.1, 0.15) is 29.5 Å². The van der Waals surface area contributed by atoms with Crippen molar-refractivity contribution < 1.29 is 4.92 Å². The van der Waals surface area contributed by atoms with Gasteiger partial charge in [-0.15, -0.1) is 0 Å². The van der Waals surface area contributed by atoms with Gasteiger partial charge < -0.3 is 5.32 Å². The van der Waals surface area contributed by atoms with Gasteiger partial charge in [-0.2, -0.15) is 0 Å². The molecule has 1 N–H and O–H groups in total. The second-order valence-electron chi connectivity index (χ2n) is 6.17. The molecule has 4 nitrogen and oxygen atoms in total. The zero-order chi connectivity index (χ0) is 16.8. The Morgan fingerprint density at radius 2 is 1.96 bits per heavy atom. The number of benzene rings is 2. The molecule has 1 aliphatic heterocycles. The molecule has 1 aliphatic carbocycles. The van der Waals surface area contributed by atoms with E-state index in [0.717, 1.165) is 17.7 Å². The lowest BCUT2D eigenvalue weighted by Gasteiger charge is -2.37. The van der Waals surface area contributed by atoms with Crippen molar-refractivity contribution in [1.82, 2.24) is 0 Å². The van der Waals surface area contributed by atoms with Gasteiger partial charge in [0.1, 0.15) is 0 Å². The fourth-order valence-electron chi connectivity index (χ4n) is 3.76. The molecule has 0 bridgehead atoms. The van der Waals surface area contributed by atoms with Crippen molar-refractivity contribution in [2.75, 3.05) is 5.32 Å². The summed E-state index contributed by atoms with van der Waals surface area (Å²) in [7, 11) is 0. The molecule has 4 rings (SSSR count). The highest BCUT2D eigenvalue weighted by Gasteiger charge is 2.39. The average molecular weight is 361 g/mol. The molecule has 6 heteroatoms. The molecular formula is C18H14Cl2N2O2. The molecule has 1 heterocycles. The molecule has 0 spiro atoms. The zero-order valence-electron chi connectivity index (χ0n) is 12.6. The smallest absolute Gasteiger partial charge is 0.269 e. The molecule has 0 saturated heterocycles. The van der Waals surface area contributed by atoms with E-state index in [1.54, 1.807) is 12.1 Å². The number of hydrogen-bond donors (Lipinski definition) is 1. The monoisotopic (exact) mass is 360 g/mol.